The zero-order valence-electron chi connectivity index (χ0n) is 13.5. The van der Waals surface area contributed by atoms with Gasteiger partial charge in [0.2, 0.25) is 0 Å². The molecule has 0 radical (unpaired) electrons. The number of carbonyl (C=O) groups excluding carboxylic acids is 1. The van der Waals surface area contributed by atoms with Crippen LogP contribution < -0.4 is 14.4 Å². The minimum atomic E-state index is -3.15. The Hall–Kier alpha value is -2.19. The molecular formula is C15H19N5O4S. The number of benzene rings is 1. The Morgan fingerprint density at radius 1 is 1.32 bits per heavy atom. The van der Waals surface area contributed by atoms with Gasteiger partial charge in [-0.15, -0.1) is 0 Å². The highest BCUT2D eigenvalue weighted by Crippen LogP contribution is 2.55. The lowest BCUT2D eigenvalue weighted by Gasteiger charge is -2.45. The fourth-order valence-corrected chi connectivity index (χ4v) is 5.38. The molecule has 2 saturated heterocycles. The number of nitrogens with one attached hydrogen (secondary N) is 1. The first-order valence-corrected chi connectivity index (χ1v) is 9.49. The predicted molar refractivity (Wildman–Crippen MR) is 93.1 cm³/mol. The molecule has 9 nitrogen and oxygen atoms in total. The number of carbonyl (C=O) groups is 1. The molecule has 134 valence electrons. The van der Waals surface area contributed by atoms with Crippen molar-refractivity contribution in [1.82, 2.24) is 9.21 Å². The van der Waals surface area contributed by atoms with Gasteiger partial charge in [0.1, 0.15) is 5.75 Å². The van der Waals surface area contributed by atoms with Crippen molar-refractivity contribution >= 4 is 28.2 Å². The van der Waals surface area contributed by atoms with Crippen LogP contribution in [0.4, 0.5) is 11.4 Å². The maximum Gasteiger partial charge on any atom is 0.262 e. The van der Waals surface area contributed by atoms with Crippen molar-refractivity contribution < 1.29 is 18.6 Å². The van der Waals surface area contributed by atoms with E-state index >= 15 is 0 Å². The van der Waals surface area contributed by atoms with Crippen molar-refractivity contribution in [1.29, 1.82) is 5.26 Å². The maximum absolute atomic E-state index is 11.4. The summed E-state index contributed by atoms with van der Waals surface area (Å²) in [4.78, 5) is 13.0. The molecule has 1 amide bonds. The first-order chi connectivity index (χ1) is 12.0. The number of hydrogen-bond donors (Lipinski definition) is 3. The highest BCUT2D eigenvalue weighted by molar-refractivity contribution is 8.23. The molecule has 4 rings (SSSR count). The van der Waals surface area contributed by atoms with Gasteiger partial charge in [0, 0.05) is 25.7 Å². The molecule has 1 aromatic carbocycles. The largest absolute Gasteiger partial charge is 0.482 e. The monoisotopic (exact) mass is 365 g/mol. The molecule has 3 heterocycles. The summed E-state index contributed by atoms with van der Waals surface area (Å²) >= 11 is 0. The molecule has 3 aliphatic rings. The highest BCUT2D eigenvalue weighted by atomic mass is 32.3. The van der Waals surface area contributed by atoms with E-state index in [4.69, 9.17) is 10.00 Å². The van der Waals surface area contributed by atoms with Gasteiger partial charge < -0.3 is 15.0 Å². The number of hydrogen-bond acceptors (Lipinski definition) is 8. The number of nitriles is 1. The fourth-order valence-electron chi connectivity index (χ4n) is 3.50. The lowest BCUT2D eigenvalue weighted by atomic mass is 10.2. The van der Waals surface area contributed by atoms with E-state index in [-0.39, 0.29) is 18.6 Å². The summed E-state index contributed by atoms with van der Waals surface area (Å²) in [7, 11) is -3.15. The molecule has 0 saturated carbocycles. The normalized spacial score (nSPS) is 26.6. The summed E-state index contributed by atoms with van der Waals surface area (Å²) in [5.41, 5.74) is 1.21. The Kier molecular flexibility index (Phi) is 3.88. The Bertz CT molecular complexity index is 752. The molecule has 25 heavy (non-hydrogen) atoms. The van der Waals surface area contributed by atoms with Gasteiger partial charge in [0.25, 0.3) is 5.91 Å². The van der Waals surface area contributed by atoms with E-state index in [2.05, 4.69) is 11.5 Å². The number of fused-ring (bicyclic) bond motifs is 1. The van der Waals surface area contributed by atoms with Gasteiger partial charge in [-0.3, -0.25) is 18.2 Å². The topological polar surface area (TPSA) is 112 Å². The summed E-state index contributed by atoms with van der Waals surface area (Å²) in [6.45, 7) is 2.08. The smallest absolute Gasteiger partial charge is 0.262 e. The molecule has 0 aliphatic carbocycles. The third-order valence-electron chi connectivity index (χ3n) is 4.73. The van der Waals surface area contributed by atoms with E-state index in [1.54, 1.807) is 31.7 Å². The van der Waals surface area contributed by atoms with Gasteiger partial charge in [-0.2, -0.15) is 9.57 Å². The molecule has 3 aliphatic heterocycles. The van der Waals surface area contributed by atoms with Crippen LogP contribution in [0.5, 0.6) is 5.75 Å². The zero-order valence-corrected chi connectivity index (χ0v) is 14.3. The van der Waals surface area contributed by atoms with Crippen molar-refractivity contribution in [2.75, 3.05) is 42.4 Å². The second kappa shape index (κ2) is 5.96. The van der Waals surface area contributed by atoms with Crippen LogP contribution in [-0.4, -0.2) is 63.0 Å². The Morgan fingerprint density at radius 2 is 2.16 bits per heavy atom. The first-order valence-electron chi connectivity index (χ1n) is 8.03. The van der Waals surface area contributed by atoms with E-state index < -0.39 is 11.0 Å². The van der Waals surface area contributed by atoms with Crippen molar-refractivity contribution in [3.05, 3.63) is 18.2 Å². The van der Waals surface area contributed by atoms with E-state index in [9.17, 15) is 13.9 Å². The molecular weight excluding hydrogens is 346 g/mol. The lowest BCUT2D eigenvalue weighted by Crippen LogP contribution is -2.38. The molecule has 1 atom stereocenters. The average molecular weight is 365 g/mol. The van der Waals surface area contributed by atoms with Crippen molar-refractivity contribution in [3.8, 4) is 11.9 Å². The molecule has 1 aromatic rings. The Morgan fingerprint density at radius 3 is 2.92 bits per heavy atom. The number of ether oxygens (including phenoxy) is 1. The van der Waals surface area contributed by atoms with Gasteiger partial charge in [-0.25, -0.2) is 0 Å². The van der Waals surface area contributed by atoms with Crippen molar-refractivity contribution in [2.24, 2.45) is 0 Å². The van der Waals surface area contributed by atoms with Crippen molar-refractivity contribution in [3.63, 3.8) is 0 Å². The summed E-state index contributed by atoms with van der Waals surface area (Å²) in [5, 5.41) is 11.7. The molecule has 10 heteroatoms. The van der Waals surface area contributed by atoms with Crippen LogP contribution in [0.2, 0.25) is 0 Å². The highest BCUT2D eigenvalue weighted by Gasteiger charge is 2.43. The van der Waals surface area contributed by atoms with Gasteiger partial charge in [0.15, 0.2) is 12.8 Å². The molecule has 3 N–H and O–H groups in total. The van der Waals surface area contributed by atoms with Crippen LogP contribution in [0.3, 0.4) is 0 Å². The van der Waals surface area contributed by atoms with Crippen LogP contribution in [0.1, 0.15) is 6.42 Å². The van der Waals surface area contributed by atoms with Crippen molar-refractivity contribution in [2.45, 2.75) is 12.5 Å². The quantitative estimate of drug-likeness (QED) is 0.672. The number of anilines is 2. The SMILES string of the molecule is N#CN1CC[C@@H](N2CCN(c3ccc4c(c3)OCC(=O)N4)S2(O)O)C1. The van der Waals surface area contributed by atoms with Crippen LogP contribution >= 0.6 is 11.0 Å². The van der Waals surface area contributed by atoms with Gasteiger partial charge in [-0.1, -0.05) is 11.0 Å². The zero-order chi connectivity index (χ0) is 17.6. The Balaban J connectivity index is 1.56. The molecule has 0 bridgehead atoms. The maximum atomic E-state index is 11.4. The number of rotatable bonds is 2. The van der Waals surface area contributed by atoms with Gasteiger partial charge in [0.05, 0.1) is 24.0 Å². The molecule has 0 unspecified atom stereocenters. The molecule has 0 aromatic heterocycles. The van der Waals surface area contributed by atoms with Gasteiger partial charge >= 0.3 is 0 Å². The summed E-state index contributed by atoms with van der Waals surface area (Å²) in [5.74, 6) is 0.308. The minimum absolute atomic E-state index is 0.0507. The summed E-state index contributed by atoms with van der Waals surface area (Å²) < 4.78 is 30.3. The molecule has 2 fully saturated rings. The van der Waals surface area contributed by atoms with E-state index in [0.29, 0.717) is 43.3 Å². The average Bonchev–Trinajstić information content (AvgIpc) is 3.17. The van der Waals surface area contributed by atoms with Crippen LogP contribution in [0.15, 0.2) is 18.2 Å². The molecule has 0 spiro atoms. The van der Waals surface area contributed by atoms with Crippen LogP contribution in [-0.2, 0) is 4.79 Å². The van der Waals surface area contributed by atoms with Crippen LogP contribution in [0.25, 0.3) is 0 Å². The van der Waals surface area contributed by atoms with E-state index in [1.165, 1.54) is 0 Å². The number of nitrogens with zero attached hydrogens (tertiary/aromatic N) is 4. The minimum Gasteiger partial charge on any atom is -0.482 e. The lowest BCUT2D eigenvalue weighted by molar-refractivity contribution is -0.118. The fraction of sp³-hybridized carbons (Fsp3) is 0.467. The second-order valence-corrected chi connectivity index (χ2v) is 8.13. The van der Waals surface area contributed by atoms with E-state index in [1.807, 2.05) is 0 Å². The predicted octanol–water partition coefficient (Wildman–Crippen LogP) is 1.28. The number of amides is 1. The summed E-state index contributed by atoms with van der Waals surface area (Å²) in [6.07, 6.45) is 2.85. The van der Waals surface area contributed by atoms with Crippen LogP contribution in [0, 0.1) is 11.5 Å². The number of likely N-dealkylation sites (tertiary alicyclic amines) is 1. The summed E-state index contributed by atoms with van der Waals surface area (Å²) in [6, 6.07) is 5.10. The first kappa shape index (κ1) is 16.3. The third-order valence-corrected chi connectivity index (χ3v) is 6.83. The second-order valence-electron chi connectivity index (χ2n) is 6.24. The van der Waals surface area contributed by atoms with Gasteiger partial charge in [-0.05, 0) is 18.6 Å². The third kappa shape index (κ3) is 2.75. The standard InChI is InChI=1S/C15H19N5O4S/c16-10-18-4-3-12(8-18)20-6-5-19(25(20,22)23)11-1-2-13-14(7-11)24-9-15(21)17-13/h1-2,7,12,22-23H,3-6,8-9H2,(H,17,21)/t12-/m1/s1. The Labute approximate surface area is 147 Å². The van der Waals surface area contributed by atoms with E-state index in [0.717, 1.165) is 6.42 Å².